The van der Waals surface area contributed by atoms with Crippen LogP contribution < -0.4 is 4.74 Å². The number of benzene rings is 1. The molecule has 1 aliphatic heterocycles. The van der Waals surface area contributed by atoms with Crippen LogP contribution in [0, 0.1) is 6.92 Å². The molecule has 1 N–H and O–H groups in total. The molecule has 2 aromatic rings. The van der Waals surface area contributed by atoms with Crippen molar-refractivity contribution in [2.75, 3.05) is 26.2 Å². The van der Waals surface area contributed by atoms with Crippen LogP contribution in [0.25, 0.3) is 0 Å². The van der Waals surface area contributed by atoms with Crippen molar-refractivity contribution in [3.8, 4) is 11.6 Å². The lowest BCUT2D eigenvalue weighted by molar-refractivity contribution is -0.192. The minimum Gasteiger partial charge on any atom is -0.475 e. The van der Waals surface area contributed by atoms with Crippen molar-refractivity contribution in [3.05, 3.63) is 52.7 Å². The van der Waals surface area contributed by atoms with Gasteiger partial charge in [-0.2, -0.15) is 13.2 Å². The molecular weight excluding hydrogens is 475 g/mol. The van der Waals surface area contributed by atoms with Crippen molar-refractivity contribution in [1.29, 1.82) is 0 Å². The summed E-state index contributed by atoms with van der Waals surface area (Å²) in [6, 6.07) is 11.5. The van der Waals surface area contributed by atoms with Crippen LogP contribution in [0.2, 0.25) is 5.02 Å². The molecule has 34 heavy (non-hydrogen) atoms. The summed E-state index contributed by atoms with van der Waals surface area (Å²) in [5, 5.41) is 7.82. The SMILES string of the molecule is Cc1cc(Oc2cccc(C(=O)N3CCCN(C4CC4)CC3)n2)ccc1Cl.O=C(O)C(F)(F)F. The maximum absolute atomic E-state index is 12.9. The number of hydrogen-bond acceptors (Lipinski definition) is 5. The number of aryl methyl sites for hydroxylation is 1. The molecule has 0 bridgehead atoms. The zero-order chi connectivity index (χ0) is 24.9. The number of aromatic nitrogens is 1. The summed E-state index contributed by atoms with van der Waals surface area (Å²) < 4.78 is 37.6. The lowest BCUT2D eigenvalue weighted by Crippen LogP contribution is -2.36. The molecule has 0 spiro atoms. The first kappa shape index (κ1) is 25.8. The molecule has 1 amide bonds. The summed E-state index contributed by atoms with van der Waals surface area (Å²) in [6.07, 6.45) is -1.46. The minimum atomic E-state index is -5.08. The van der Waals surface area contributed by atoms with Gasteiger partial charge in [-0.05, 0) is 56.0 Å². The van der Waals surface area contributed by atoms with Crippen LogP contribution in [-0.2, 0) is 4.79 Å². The molecular formula is C23H25ClF3N3O4. The maximum atomic E-state index is 12.9. The second-order valence-corrected chi connectivity index (χ2v) is 8.50. The lowest BCUT2D eigenvalue weighted by atomic mass is 10.2. The van der Waals surface area contributed by atoms with E-state index < -0.39 is 12.1 Å². The standard InChI is InChI=1S/C21H24ClN3O2.C2HF3O2/c1-15-14-17(8-9-18(15)22)27-20-5-2-4-19(23-20)21(26)25-11-3-10-24(12-13-25)16-6-7-16;3-2(4,5)1(6)7/h2,4-5,8-9,14,16H,3,6-7,10-13H2,1H3;(H,6,7). The monoisotopic (exact) mass is 499 g/mol. The Balaban J connectivity index is 0.000000406. The van der Waals surface area contributed by atoms with E-state index in [2.05, 4.69) is 9.88 Å². The van der Waals surface area contributed by atoms with Crippen LogP contribution >= 0.6 is 11.6 Å². The molecule has 184 valence electrons. The van der Waals surface area contributed by atoms with Gasteiger partial charge < -0.3 is 14.7 Å². The van der Waals surface area contributed by atoms with Crippen LogP contribution in [0.1, 0.15) is 35.3 Å². The third-order valence-corrected chi connectivity index (χ3v) is 5.84. The van der Waals surface area contributed by atoms with Crippen LogP contribution in [0.4, 0.5) is 13.2 Å². The summed E-state index contributed by atoms with van der Waals surface area (Å²) in [7, 11) is 0. The van der Waals surface area contributed by atoms with Crippen LogP contribution in [0.5, 0.6) is 11.6 Å². The van der Waals surface area contributed by atoms with Gasteiger partial charge in [0.1, 0.15) is 11.4 Å². The topological polar surface area (TPSA) is 83.0 Å². The fraction of sp³-hybridized carbons (Fsp3) is 0.435. The number of carboxylic acid groups (broad SMARTS) is 1. The Morgan fingerprint density at radius 3 is 2.44 bits per heavy atom. The predicted octanol–water partition coefficient (Wildman–Crippen LogP) is 4.78. The van der Waals surface area contributed by atoms with E-state index in [4.69, 9.17) is 26.2 Å². The number of nitrogens with zero attached hydrogens (tertiary/aromatic N) is 3. The zero-order valence-electron chi connectivity index (χ0n) is 18.5. The minimum absolute atomic E-state index is 0.0228. The van der Waals surface area contributed by atoms with Crippen molar-refractivity contribution in [2.45, 2.75) is 38.4 Å². The van der Waals surface area contributed by atoms with E-state index in [-0.39, 0.29) is 5.91 Å². The number of pyridine rings is 1. The molecule has 2 heterocycles. The van der Waals surface area contributed by atoms with E-state index in [1.807, 2.05) is 24.0 Å². The number of carbonyl (C=O) groups is 2. The van der Waals surface area contributed by atoms with Gasteiger partial charge in [0.05, 0.1) is 0 Å². The third kappa shape index (κ3) is 7.33. The van der Waals surface area contributed by atoms with Crippen molar-refractivity contribution in [2.24, 2.45) is 0 Å². The maximum Gasteiger partial charge on any atom is 0.490 e. The Labute approximate surface area is 200 Å². The summed E-state index contributed by atoms with van der Waals surface area (Å²) in [4.78, 5) is 30.7. The van der Waals surface area contributed by atoms with E-state index in [9.17, 15) is 18.0 Å². The van der Waals surface area contributed by atoms with E-state index in [1.165, 1.54) is 12.8 Å². The molecule has 0 atom stereocenters. The smallest absolute Gasteiger partial charge is 0.475 e. The highest BCUT2D eigenvalue weighted by Gasteiger charge is 2.38. The van der Waals surface area contributed by atoms with E-state index in [0.717, 1.165) is 44.2 Å². The zero-order valence-corrected chi connectivity index (χ0v) is 19.3. The van der Waals surface area contributed by atoms with Gasteiger partial charge in [0.15, 0.2) is 0 Å². The van der Waals surface area contributed by atoms with Gasteiger partial charge in [0.25, 0.3) is 5.91 Å². The highest BCUT2D eigenvalue weighted by molar-refractivity contribution is 6.31. The molecule has 7 nitrogen and oxygen atoms in total. The van der Waals surface area contributed by atoms with Crippen molar-refractivity contribution in [1.82, 2.24) is 14.8 Å². The first-order chi connectivity index (χ1) is 16.0. The van der Waals surface area contributed by atoms with Crippen LogP contribution in [0.3, 0.4) is 0 Å². The van der Waals surface area contributed by atoms with Gasteiger partial charge in [-0.3, -0.25) is 9.69 Å². The predicted molar refractivity (Wildman–Crippen MR) is 119 cm³/mol. The van der Waals surface area contributed by atoms with Gasteiger partial charge in [-0.25, -0.2) is 9.78 Å². The third-order valence-electron chi connectivity index (χ3n) is 5.42. The fourth-order valence-electron chi connectivity index (χ4n) is 3.50. The number of amides is 1. The number of rotatable bonds is 4. The number of carboxylic acids is 1. The molecule has 1 aliphatic carbocycles. The van der Waals surface area contributed by atoms with Gasteiger partial charge in [0.2, 0.25) is 5.88 Å². The summed E-state index contributed by atoms with van der Waals surface area (Å²) in [5.41, 5.74) is 1.37. The second kappa shape index (κ2) is 11.1. The lowest BCUT2D eigenvalue weighted by Gasteiger charge is -2.21. The molecule has 2 fully saturated rings. The normalized spacial score (nSPS) is 16.8. The Bertz CT molecular complexity index is 1030. The van der Waals surface area contributed by atoms with E-state index >= 15 is 0 Å². The molecule has 2 aliphatic rings. The summed E-state index contributed by atoms with van der Waals surface area (Å²) >= 11 is 6.06. The second-order valence-electron chi connectivity index (χ2n) is 8.09. The van der Waals surface area contributed by atoms with Crippen molar-refractivity contribution in [3.63, 3.8) is 0 Å². The van der Waals surface area contributed by atoms with Gasteiger partial charge in [0, 0.05) is 43.3 Å². The van der Waals surface area contributed by atoms with Crippen molar-refractivity contribution < 1.29 is 32.6 Å². The Morgan fingerprint density at radius 1 is 1.12 bits per heavy atom. The van der Waals surface area contributed by atoms with E-state index in [0.29, 0.717) is 22.3 Å². The molecule has 1 saturated heterocycles. The average molecular weight is 500 g/mol. The number of halogens is 4. The van der Waals surface area contributed by atoms with Gasteiger partial charge in [-0.1, -0.05) is 17.7 Å². The highest BCUT2D eigenvalue weighted by Crippen LogP contribution is 2.28. The Hall–Kier alpha value is -2.85. The Kier molecular flexibility index (Phi) is 8.37. The highest BCUT2D eigenvalue weighted by atomic mass is 35.5. The number of ether oxygens (including phenoxy) is 1. The van der Waals surface area contributed by atoms with Crippen LogP contribution in [0.15, 0.2) is 36.4 Å². The Morgan fingerprint density at radius 2 is 1.82 bits per heavy atom. The number of alkyl halides is 3. The summed E-state index contributed by atoms with van der Waals surface area (Å²) in [6.45, 7) is 5.51. The van der Waals surface area contributed by atoms with Gasteiger partial charge >= 0.3 is 12.1 Å². The number of aliphatic carboxylic acids is 1. The quantitative estimate of drug-likeness (QED) is 0.652. The largest absolute Gasteiger partial charge is 0.490 e. The first-order valence-electron chi connectivity index (χ1n) is 10.8. The number of hydrogen-bond donors (Lipinski definition) is 1. The molecule has 0 radical (unpaired) electrons. The fourth-order valence-corrected chi connectivity index (χ4v) is 3.62. The summed E-state index contributed by atoms with van der Waals surface area (Å²) in [5.74, 6) is -1.71. The molecule has 0 unspecified atom stereocenters. The number of carbonyl (C=O) groups excluding carboxylic acids is 1. The molecule has 11 heteroatoms. The van der Waals surface area contributed by atoms with Crippen LogP contribution in [-0.4, -0.2) is 70.2 Å². The molecule has 1 aromatic heterocycles. The average Bonchev–Trinajstić information content (AvgIpc) is 3.62. The van der Waals surface area contributed by atoms with Gasteiger partial charge in [-0.15, -0.1) is 0 Å². The molecule has 4 rings (SSSR count). The first-order valence-corrected chi connectivity index (χ1v) is 11.2. The molecule has 1 aromatic carbocycles. The van der Waals surface area contributed by atoms with Crippen molar-refractivity contribution >= 4 is 23.5 Å². The molecule has 1 saturated carbocycles. The van der Waals surface area contributed by atoms with E-state index in [1.54, 1.807) is 24.3 Å².